The van der Waals surface area contributed by atoms with Crippen LogP contribution in [-0.4, -0.2) is 54.6 Å². The lowest BCUT2D eigenvalue weighted by Crippen LogP contribution is -2.43. The van der Waals surface area contributed by atoms with Crippen molar-refractivity contribution in [2.75, 3.05) is 38.7 Å². The molecule has 6 nitrogen and oxygen atoms in total. The highest BCUT2D eigenvalue weighted by molar-refractivity contribution is 7.12. The highest BCUT2D eigenvalue weighted by Gasteiger charge is 2.29. The summed E-state index contributed by atoms with van der Waals surface area (Å²) in [6.45, 7) is 3.71. The Bertz CT molecular complexity index is 716. The molecule has 3 heterocycles. The molecule has 0 aromatic carbocycles. The van der Waals surface area contributed by atoms with Crippen LogP contribution in [0.2, 0.25) is 0 Å². The van der Waals surface area contributed by atoms with Crippen molar-refractivity contribution in [2.45, 2.75) is 19.4 Å². The first-order valence-electron chi connectivity index (χ1n) is 7.97. The molecule has 1 atom stereocenters. The fraction of sp³-hybridized carbons (Fsp3) is 0.471. The van der Waals surface area contributed by atoms with Crippen LogP contribution in [-0.2, 0) is 16.0 Å². The van der Waals surface area contributed by atoms with Gasteiger partial charge in [-0.05, 0) is 19.1 Å². The Hall–Kier alpha value is -1.99. The summed E-state index contributed by atoms with van der Waals surface area (Å²) in [5, 5.41) is 0. The Balaban J connectivity index is 1.71. The monoisotopic (exact) mass is 346 g/mol. The lowest BCUT2D eigenvalue weighted by atomic mass is 10.1. The molecule has 0 N–H and O–H groups in total. The van der Waals surface area contributed by atoms with E-state index in [0.717, 1.165) is 16.4 Å². The van der Waals surface area contributed by atoms with Gasteiger partial charge in [0.1, 0.15) is 11.8 Å². The Morgan fingerprint density at radius 2 is 2.17 bits per heavy atom. The second kappa shape index (κ2) is 7.27. The number of amides is 1. The van der Waals surface area contributed by atoms with E-state index < -0.39 is 0 Å². The Morgan fingerprint density at radius 3 is 2.88 bits per heavy atom. The van der Waals surface area contributed by atoms with Gasteiger partial charge < -0.3 is 14.5 Å². The summed E-state index contributed by atoms with van der Waals surface area (Å²) in [5.74, 6) is 0.922. The van der Waals surface area contributed by atoms with Crippen molar-refractivity contribution in [3.05, 3.63) is 40.0 Å². The lowest BCUT2D eigenvalue weighted by Gasteiger charge is -2.33. The number of nitrogens with zero attached hydrogens (tertiary/aromatic N) is 4. The van der Waals surface area contributed by atoms with Crippen molar-refractivity contribution in [3.63, 3.8) is 0 Å². The highest BCUT2D eigenvalue weighted by atomic mass is 32.1. The molecular weight excluding hydrogens is 324 g/mol. The zero-order chi connectivity index (χ0) is 17.1. The van der Waals surface area contributed by atoms with Crippen LogP contribution < -0.4 is 4.90 Å². The molecule has 3 rings (SSSR count). The molecule has 7 heteroatoms. The normalized spacial score (nSPS) is 17.8. The average molecular weight is 346 g/mol. The maximum atomic E-state index is 12.6. The summed E-state index contributed by atoms with van der Waals surface area (Å²) >= 11 is 1.68. The Labute approximate surface area is 146 Å². The predicted octanol–water partition coefficient (Wildman–Crippen LogP) is 2.06. The van der Waals surface area contributed by atoms with Crippen LogP contribution >= 0.6 is 11.3 Å². The summed E-state index contributed by atoms with van der Waals surface area (Å²) in [7, 11) is 3.86. The smallest absolute Gasteiger partial charge is 0.228 e. The number of carbonyl (C=O) groups excluding carboxylic acids is 1. The van der Waals surface area contributed by atoms with Crippen molar-refractivity contribution in [1.29, 1.82) is 0 Å². The Kier molecular flexibility index (Phi) is 5.11. The molecule has 0 aliphatic carbocycles. The van der Waals surface area contributed by atoms with Crippen LogP contribution in [0.1, 0.15) is 21.6 Å². The number of anilines is 1. The van der Waals surface area contributed by atoms with E-state index in [9.17, 15) is 4.79 Å². The van der Waals surface area contributed by atoms with Crippen LogP contribution in [0, 0.1) is 6.92 Å². The zero-order valence-corrected chi connectivity index (χ0v) is 15.0. The van der Waals surface area contributed by atoms with Crippen LogP contribution in [0.15, 0.2) is 24.5 Å². The first-order chi connectivity index (χ1) is 11.5. The first-order valence-corrected chi connectivity index (χ1v) is 8.79. The minimum Gasteiger partial charge on any atom is -0.368 e. The number of hydrogen-bond acceptors (Lipinski definition) is 6. The average Bonchev–Trinajstić information content (AvgIpc) is 2.99. The second-order valence-electron chi connectivity index (χ2n) is 6.05. The highest BCUT2D eigenvalue weighted by Crippen LogP contribution is 2.27. The van der Waals surface area contributed by atoms with Crippen molar-refractivity contribution in [2.24, 2.45) is 0 Å². The topological polar surface area (TPSA) is 58.6 Å². The molecule has 128 valence electrons. The van der Waals surface area contributed by atoms with Crippen LogP contribution in [0.3, 0.4) is 0 Å². The van der Waals surface area contributed by atoms with E-state index in [0.29, 0.717) is 26.1 Å². The molecule has 1 aliphatic rings. The van der Waals surface area contributed by atoms with E-state index in [-0.39, 0.29) is 12.0 Å². The third-order valence-electron chi connectivity index (χ3n) is 3.98. The number of carbonyl (C=O) groups is 1. The zero-order valence-electron chi connectivity index (χ0n) is 14.2. The summed E-state index contributed by atoms with van der Waals surface area (Å²) in [5.41, 5.74) is 0.784. The van der Waals surface area contributed by atoms with Crippen LogP contribution in [0.5, 0.6) is 0 Å². The summed E-state index contributed by atoms with van der Waals surface area (Å²) in [6, 6.07) is 4.08. The van der Waals surface area contributed by atoms with Crippen LogP contribution in [0.25, 0.3) is 0 Å². The molecule has 1 aliphatic heterocycles. The van der Waals surface area contributed by atoms with Crippen molar-refractivity contribution >= 4 is 23.1 Å². The summed E-state index contributed by atoms with van der Waals surface area (Å²) < 4.78 is 5.87. The fourth-order valence-corrected chi connectivity index (χ4v) is 3.68. The number of hydrogen-bond donors (Lipinski definition) is 0. The van der Waals surface area contributed by atoms with E-state index in [1.807, 2.05) is 30.0 Å². The number of ether oxygens (including phenoxy) is 1. The lowest BCUT2D eigenvalue weighted by molar-refractivity contribution is -0.138. The molecule has 0 radical (unpaired) electrons. The second-order valence-corrected chi connectivity index (χ2v) is 7.42. The number of aromatic nitrogens is 2. The number of morpholine rings is 1. The predicted molar refractivity (Wildman–Crippen MR) is 94.4 cm³/mol. The van der Waals surface area contributed by atoms with Gasteiger partial charge in [0.25, 0.3) is 0 Å². The fourth-order valence-electron chi connectivity index (χ4n) is 2.80. The maximum absolute atomic E-state index is 12.6. The van der Waals surface area contributed by atoms with E-state index >= 15 is 0 Å². The van der Waals surface area contributed by atoms with E-state index in [1.165, 1.54) is 4.88 Å². The van der Waals surface area contributed by atoms with Gasteiger partial charge in [0.05, 0.1) is 19.6 Å². The number of aryl methyl sites for hydroxylation is 1. The van der Waals surface area contributed by atoms with Gasteiger partial charge >= 0.3 is 0 Å². The van der Waals surface area contributed by atoms with Gasteiger partial charge in [-0.15, -0.1) is 11.3 Å². The van der Waals surface area contributed by atoms with E-state index in [1.54, 1.807) is 23.7 Å². The van der Waals surface area contributed by atoms with Gasteiger partial charge in [0.2, 0.25) is 5.91 Å². The largest absolute Gasteiger partial charge is 0.368 e. The van der Waals surface area contributed by atoms with Gasteiger partial charge in [-0.2, -0.15) is 0 Å². The number of thiophene rings is 1. The Morgan fingerprint density at radius 1 is 1.38 bits per heavy atom. The molecule has 2 aromatic rings. The maximum Gasteiger partial charge on any atom is 0.228 e. The van der Waals surface area contributed by atoms with Gasteiger partial charge in [-0.1, -0.05) is 0 Å². The van der Waals surface area contributed by atoms with E-state index in [4.69, 9.17) is 4.74 Å². The van der Waals surface area contributed by atoms with Crippen LogP contribution in [0.4, 0.5) is 5.82 Å². The van der Waals surface area contributed by atoms with E-state index in [2.05, 4.69) is 23.0 Å². The minimum atomic E-state index is -0.237. The summed E-state index contributed by atoms with van der Waals surface area (Å²) in [6.07, 6.45) is 3.55. The molecule has 24 heavy (non-hydrogen) atoms. The quantitative estimate of drug-likeness (QED) is 0.848. The molecule has 0 bridgehead atoms. The third-order valence-corrected chi connectivity index (χ3v) is 4.98. The molecule has 1 fully saturated rings. The van der Waals surface area contributed by atoms with Crippen molar-refractivity contribution in [3.8, 4) is 0 Å². The molecule has 0 unspecified atom stereocenters. The standard InChI is InChI=1S/C17H22N4O2S/c1-12-4-5-13(24-12)10-15(22)21-8-9-23-14(11-21)16-17(20(2)3)19-7-6-18-16/h4-7,14H,8-11H2,1-3H3/t14-/m1/s1. The molecule has 1 saturated heterocycles. The van der Waals surface area contributed by atoms with Crippen molar-refractivity contribution in [1.82, 2.24) is 14.9 Å². The minimum absolute atomic E-state index is 0.139. The van der Waals surface area contributed by atoms with Gasteiger partial charge in [0.15, 0.2) is 5.82 Å². The summed E-state index contributed by atoms with van der Waals surface area (Å²) in [4.78, 5) is 27.5. The van der Waals surface area contributed by atoms with Gasteiger partial charge in [-0.25, -0.2) is 4.98 Å². The van der Waals surface area contributed by atoms with Gasteiger partial charge in [-0.3, -0.25) is 9.78 Å². The van der Waals surface area contributed by atoms with Crippen molar-refractivity contribution < 1.29 is 9.53 Å². The SMILES string of the molecule is Cc1ccc(CC(=O)N2CCO[C@@H](c3nccnc3N(C)C)C2)s1. The molecule has 0 spiro atoms. The molecule has 0 saturated carbocycles. The molecule has 2 aromatic heterocycles. The van der Waals surface area contributed by atoms with Gasteiger partial charge in [0, 0.05) is 42.8 Å². The molecular formula is C17H22N4O2S. The number of rotatable bonds is 4. The molecule has 1 amide bonds. The first kappa shape index (κ1) is 16.9. The third kappa shape index (κ3) is 3.73.